The molecule has 0 aliphatic heterocycles. The maximum atomic E-state index is 4.83. The Labute approximate surface area is 217 Å². The van der Waals surface area contributed by atoms with Gasteiger partial charge in [0.05, 0.1) is 33.5 Å². The van der Waals surface area contributed by atoms with Crippen LogP contribution in [0.15, 0.2) is 48.8 Å². The highest BCUT2D eigenvalue weighted by Gasteiger charge is 2.14. The maximum Gasteiger partial charge on any atom is 0.140 e. The SMILES string of the molecule is CCC.CCCCc1ccc(-c2ccc(-c3nc4cc5nc(C(CC)CC)[nH]c5cc4[nH]3)cn2)nc1.[HH].[HH]. The fourth-order valence-corrected chi connectivity index (χ4v) is 4.33. The summed E-state index contributed by atoms with van der Waals surface area (Å²) in [5, 5.41) is 0. The number of benzene rings is 1. The van der Waals surface area contributed by atoms with Crippen LogP contribution >= 0.6 is 0 Å². The fraction of sp³-hybridized carbons (Fsp3) is 0.400. The van der Waals surface area contributed by atoms with Gasteiger partial charge in [0.2, 0.25) is 0 Å². The van der Waals surface area contributed by atoms with Gasteiger partial charge in [0.25, 0.3) is 0 Å². The van der Waals surface area contributed by atoms with E-state index >= 15 is 0 Å². The predicted molar refractivity (Wildman–Crippen MR) is 154 cm³/mol. The highest BCUT2D eigenvalue weighted by molar-refractivity contribution is 5.92. The van der Waals surface area contributed by atoms with Crippen molar-refractivity contribution in [2.75, 3.05) is 0 Å². The lowest BCUT2D eigenvalue weighted by Gasteiger charge is -2.07. The minimum atomic E-state index is 0. The van der Waals surface area contributed by atoms with E-state index < -0.39 is 0 Å². The summed E-state index contributed by atoms with van der Waals surface area (Å²) in [5.74, 6) is 2.33. The second kappa shape index (κ2) is 11.9. The van der Waals surface area contributed by atoms with E-state index in [1.807, 2.05) is 24.5 Å². The molecule has 1 aromatic carbocycles. The van der Waals surface area contributed by atoms with Gasteiger partial charge in [0, 0.05) is 26.7 Å². The van der Waals surface area contributed by atoms with Crippen molar-refractivity contribution >= 4 is 22.1 Å². The number of nitrogens with zero attached hydrogens (tertiary/aromatic N) is 4. The van der Waals surface area contributed by atoms with E-state index in [1.54, 1.807) is 0 Å². The maximum absolute atomic E-state index is 4.83. The minimum absolute atomic E-state index is 0. The molecule has 0 aliphatic rings. The third-order valence-corrected chi connectivity index (χ3v) is 6.42. The standard InChI is InChI=1S/C27H30N6.C3H8.2H2/c1-4-7-8-17-9-11-20(28-15-17)21-12-10-19(16-29-21)27-32-24-13-22-23(14-25(24)33-27)31-26(30-22)18(5-2)6-3;1-3-2;;/h9-16,18H,4-8H2,1-3H3,(H,30,31)(H,32,33);3H2,1-2H3;2*1H. The Balaban J connectivity index is 0.000000969. The van der Waals surface area contributed by atoms with Gasteiger partial charge < -0.3 is 9.97 Å². The van der Waals surface area contributed by atoms with Gasteiger partial charge in [-0.15, -0.1) is 0 Å². The molecule has 0 fully saturated rings. The molecule has 0 atom stereocenters. The van der Waals surface area contributed by atoms with Crippen molar-refractivity contribution in [1.29, 1.82) is 0 Å². The molecule has 0 bridgehead atoms. The van der Waals surface area contributed by atoms with Gasteiger partial charge in [-0.05, 0) is 61.6 Å². The van der Waals surface area contributed by atoms with Crippen LogP contribution in [0.4, 0.5) is 0 Å². The summed E-state index contributed by atoms with van der Waals surface area (Å²) >= 11 is 0. The van der Waals surface area contributed by atoms with Gasteiger partial charge in [-0.3, -0.25) is 9.97 Å². The zero-order valence-electron chi connectivity index (χ0n) is 22.2. The Morgan fingerprint density at radius 1 is 0.778 bits per heavy atom. The molecule has 5 aromatic rings. The van der Waals surface area contributed by atoms with E-state index in [9.17, 15) is 0 Å². The summed E-state index contributed by atoms with van der Waals surface area (Å²) in [7, 11) is 0. The molecule has 6 nitrogen and oxygen atoms in total. The van der Waals surface area contributed by atoms with Gasteiger partial charge in [-0.2, -0.15) is 0 Å². The first-order valence-corrected chi connectivity index (χ1v) is 13.4. The number of hydrogen-bond donors (Lipinski definition) is 2. The average Bonchev–Trinajstić information content (AvgIpc) is 3.51. The molecule has 0 saturated carbocycles. The molecule has 6 heteroatoms. The molecule has 192 valence electrons. The number of nitrogens with one attached hydrogen (secondary N) is 2. The quantitative estimate of drug-likeness (QED) is 0.230. The number of H-pyrrole nitrogens is 2. The molecule has 2 N–H and O–H groups in total. The number of imidazole rings is 2. The topological polar surface area (TPSA) is 83.1 Å². The second-order valence-electron chi connectivity index (χ2n) is 9.40. The summed E-state index contributed by atoms with van der Waals surface area (Å²) in [5.41, 5.74) is 7.88. The summed E-state index contributed by atoms with van der Waals surface area (Å²) in [6, 6.07) is 12.4. The fourth-order valence-electron chi connectivity index (χ4n) is 4.33. The number of aromatic amines is 2. The predicted octanol–water partition coefficient (Wildman–Crippen LogP) is 8.72. The molecule has 0 saturated heterocycles. The Hall–Kier alpha value is -3.54. The smallest absolute Gasteiger partial charge is 0.140 e. The summed E-state index contributed by atoms with van der Waals surface area (Å²) in [6.07, 6.45) is 10.7. The van der Waals surface area contributed by atoms with E-state index in [2.05, 4.69) is 78.8 Å². The van der Waals surface area contributed by atoms with Crippen LogP contribution in [0, 0.1) is 0 Å². The van der Waals surface area contributed by atoms with Gasteiger partial charge >= 0.3 is 0 Å². The lowest BCUT2D eigenvalue weighted by Crippen LogP contribution is -1.97. The van der Waals surface area contributed by atoms with Crippen LogP contribution in [0.5, 0.6) is 0 Å². The van der Waals surface area contributed by atoms with Crippen molar-refractivity contribution in [2.45, 2.75) is 79.1 Å². The van der Waals surface area contributed by atoms with E-state index in [1.165, 1.54) is 24.8 Å². The monoisotopic (exact) mass is 486 g/mol. The minimum Gasteiger partial charge on any atom is -0.342 e. The van der Waals surface area contributed by atoms with Crippen molar-refractivity contribution in [3.05, 3.63) is 60.2 Å². The van der Waals surface area contributed by atoms with Gasteiger partial charge in [-0.25, -0.2) is 9.97 Å². The first kappa shape index (κ1) is 25.5. The molecule has 0 amide bonds. The molecular formula is C30H42N6. The molecule has 5 rings (SSSR count). The zero-order chi connectivity index (χ0) is 25.5. The summed E-state index contributed by atoms with van der Waals surface area (Å²) in [6.45, 7) is 10.9. The second-order valence-corrected chi connectivity index (χ2v) is 9.40. The number of fused-ring (bicyclic) bond motifs is 2. The molecule has 4 aromatic heterocycles. The molecule has 0 radical (unpaired) electrons. The van der Waals surface area contributed by atoms with Crippen molar-refractivity contribution in [3.63, 3.8) is 0 Å². The summed E-state index contributed by atoms with van der Waals surface area (Å²) < 4.78 is 0. The van der Waals surface area contributed by atoms with Crippen LogP contribution in [-0.4, -0.2) is 29.9 Å². The number of unbranched alkanes of at least 4 members (excludes halogenated alkanes) is 1. The van der Waals surface area contributed by atoms with Crippen LogP contribution in [-0.2, 0) is 6.42 Å². The van der Waals surface area contributed by atoms with E-state index in [0.717, 1.165) is 69.9 Å². The molecule has 0 unspecified atom stereocenters. The van der Waals surface area contributed by atoms with Crippen LogP contribution in [0.1, 0.15) is 86.9 Å². The molecule has 0 spiro atoms. The van der Waals surface area contributed by atoms with Gasteiger partial charge in [0.15, 0.2) is 0 Å². The van der Waals surface area contributed by atoms with Crippen molar-refractivity contribution in [3.8, 4) is 22.8 Å². The number of pyridine rings is 2. The average molecular weight is 487 g/mol. The Morgan fingerprint density at radius 2 is 1.44 bits per heavy atom. The van der Waals surface area contributed by atoms with E-state index in [0.29, 0.717) is 5.92 Å². The molecule has 36 heavy (non-hydrogen) atoms. The first-order chi connectivity index (χ1) is 17.6. The highest BCUT2D eigenvalue weighted by atomic mass is 15.0. The van der Waals surface area contributed by atoms with E-state index in [4.69, 9.17) is 9.97 Å². The van der Waals surface area contributed by atoms with E-state index in [-0.39, 0.29) is 2.85 Å². The van der Waals surface area contributed by atoms with Crippen molar-refractivity contribution in [1.82, 2.24) is 29.9 Å². The van der Waals surface area contributed by atoms with Crippen LogP contribution in [0.3, 0.4) is 0 Å². The normalized spacial score (nSPS) is 11.3. The van der Waals surface area contributed by atoms with Crippen LogP contribution in [0.25, 0.3) is 44.8 Å². The van der Waals surface area contributed by atoms with Crippen molar-refractivity contribution < 1.29 is 2.85 Å². The lowest BCUT2D eigenvalue weighted by molar-refractivity contribution is 0.611. The van der Waals surface area contributed by atoms with Gasteiger partial charge in [-0.1, -0.05) is 53.5 Å². The first-order valence-electron chi connectivity index (χ1n) is 13.4. The number of rotatable bonds is 8. The molecule has 4 heterocycles. The zero-order valence-corrected chi connectivity index (χ0v) is 22.2. The number of aromatic nitrogens is 6. The Bertz CT molecular complexity index is 1340. The van der Waals surface area contributed by atoms with Crippen LogP contribution in [0.2, 0.25) is 0 Å². The largest absolute Gasteiger partial charge is 0.342 e. The van der Waals surface area contributed by atoms with Crippen LogP contribution < -0.4 is 0 Å². The Kier molecular flexibility index (Phi) is 8.47. The molecular weight excluding hydrogens is 444 g/mol. The van der Waals surface area contributed by atoms with Crippen molar-refractivity contribution in [2.24, 2.45) is 0 Å². The van der Waals surface area contributed by atoms with Gasteiger partial charge in [0.1, 0.15) is 11.6 Å². The highest BCUT2D eigenvalue weighted by Crippen LogP contribution is 2.28. The third-order valence-electron chi connectivity index (χ3n) is 6.42. The lowest BCUT2D eigenvalue weighted by atomic mass is 10.0. The Morgan fingerprint density at radius 3 is 2.06 bits per heavy atom. The number of aryl methyl sites for hydroxylation is 1. The number of hydrogen-bond acceptors (Lipinski definition) is 4. The summed E-state index contributed by atoms with van der Waals surface area (Å²) in [4.78, 5) is 25.8. The third kappa shape index (κ3) is 5.64. The molecule has 0 aliphatic carbocycles.